The SMILES string of the molecule is COc1ccc(S(=O)(=O)N2C[C@H]3NC(=O)c4ccccc4C(=O)[C@@]3(C)C2)cc1F. The molecule has 1 amide bonds. The number of fused-ring (bicyclic) bond motifs is 2. The molecule has 0 saturated carbocycles. The zero-order valence-electron chi connectivity index (χ0n) is 15.8. The number of carbonyl (C=O) groups is 2. The van der Waals surface area contributed by atoms with E-state index >= 15 is 0 Å². The number of carbonyl (C=O) groups excluding carboxylic acids is 2. The number of nitrogens with zero attached hydrogens (tertiary/aromatic N) is 1. The maximum atomic E-state index is 14.1. The molecule has 1 fully saturated rings. The van der Waals surface area contributed by atoms with Crippen LogP contribution in [0.15, 0.2) is 47.4 Å². The zero-order valence-corrected chi connectivity index (χ0v) is 16.6. The average Bonchev–Trinajstić information content (AvgIpc) is 3.02. The first-order valence-electron chi connectivity index (χ1n) is 8.97. The molecule has 9 heteroatoms. The second-order valence-electron chi connectivity index (χ2n) is 7.41. The molecule has 0 aromatic heterocycles. The van der Waals surface area contributed by atoms with Crippen molar-refractivity contribution < 1.29 is 27.1 Å². The largest absolute Gasteiger partial charge is 0.494 e. The molecule has 2 aliphatic heterocycles. The number of halogens is 1. The van der Waals surface area contributed by atoms with Crippen LogP contribution >= 0.6 is 0 Å². The van der Waals surface area contributed by atoms with Crippen LogP contribution in [0.3, 0.4) is 0 Å². The fraction of sp³-hybridized carbons (Fsp3) is 0.300. The Morgan fingerprint density at radius 3 is 2.52 bits per heavy atom. The molecule has 2 aromatic rings. The van der Waals surface area contributed by atoms with Gasteiger partial charge in [0.25, 0.3) is 5.91 Å². The van der Waals surface area contributed by atoms with Gasteiger partial charge in [-0.3, -0.25) is 9.59 Å². The van der Waals surface area contributed by atoms with Crippen molar-refractivity contribution in [3.05, 3.63) is 59.4 Å². The maximum Gasteiger partial charge on any atom is 0.252 e. The first-order valence-corrected chi connectivity index (χ1v) is 10.4. The van der Waals surface area contributed by atoms with Gasteiger partial charge in [0.2, 0.25) is 10.0 Å². The maximum absolute atomic E-state index is 14.1. The molecule has 0 radical (unpaired) electrons. The van der Waals surface area contributed by atoms with E-state index in [4.69, 9.17) is 4.74 Å². The Hall–Kier alpha value is -2.78. The molecule has 4 rings (SSSR count). The molecule has 2 aromatic carbocycles. The highest BCUT2D eigenvalue weighted by molar-refractivity contribution is 7.89. The topological polar surface area (TPSA) is 92.8 Å². The number of methoxy groups -OCH3 is 1. The number of rotatable bonds is 3. The number of nitrogens with one attached hydrogen (secondary N) is 1. The number of Topliss-reactive ketones (excluding diaryl/α,β-unsaturated/α-hetero) is 1. The van der Waals surface area contributed by atoms with Crippen molar-refractivity contribution in [2.24, 2.45) is 5.41 Å². The van der Waals surface area contributed by atoms with Crippen molar-refractivity contribution in [2.45, 2.75) is 17.9 Å². The average molecular weight is 418 g/mol. The van der Waals surface area contributed by atoms with Gasteiger partial charge in [0.1, 0.15) is 0 Å². The first-order chi connectivity index (χ1) is 13.7. The molecule has 2 atom stereocenters. The van der Waals surface area contributed by atoms with Crippen LogP contribution in [0, 0.1) is 11.2 Å². The van der Waals surface area contributed by atoms with Crippen LogP contribution < -0.4 is 10.1 Å². The van der Waals surface area contributed by atoms with E-state index < -0.39 is 33.2 Å². The summed E-state index contributed by atoms with van der Waals surface area (Å²) in [5.74, 6) is -1.58. The van der Waals surface area contributed by atoms with Gasteiger partial charge < -0.3 is 10.1 Å². The van der Waals surface area contributed by atoms with Crippen LogP contribution in [-0.4, -0.2) is 50.7 Å². The number of ether oxygens (including phenoxy) is 1. The summed E-state index contributed by atoms with van der Waals surface area (Å²) in [5.41, 5.74) is -0.593. The minimum atomic E-state index is -4.08. The second-order valence-corrected chi connectivity index (χ2v) is 9.35. The van der Waals surface area contributed by atoms with Gasteiger partial charge in [-0.15, -0.1) is 0 Å². The van der Waals surface area contributed by atoms with E-state index in [0.717, 1.165) is 10.4 Å². The smallest absolute Gasteiger partial charge is 0.252 e. The lowest BCUT2D eigenvalue weighted by Crippen LogP contribution is -2.47. The molecular weight excluding hydrogens is 399 g/mol. The van der Waals surface area contributed by atoms with Crippen LogP contribution in [-0.2, 0) is 10.0 Å². The van der Waals surface area contributed by atoms with E-state index in [1.165, 1.54) is 19.2 Å². The second kappa shape index (κ2) is 6.64. The molecule has 1 saturated heterocycles. The fourth-order valence-corrected chi connectivity index (χ4v) is 5.52. The van der Waals surface area contributed by atoms with Gasteiger partial charge in [0, 0.05) is 18.7 Å². The standard InChI is InChI=1S/C20H19FN2O5S/c1-20-11-23(29(26,27)12-7-8-16(28-2)15(21)9-12)10-17(20)22-19(25)14-6-4-3-5-13(14)18(20)24/h3-9,17H,10-11H2,1-2H3,(H,22,25)/t17-,20+/m1/s1. The number of ketones is 1. The Morgan fingerprint density at radius 1 is 1.17 bits per heavy atom. The predicted octanol–water partition coefficient (Wildman–Crippen LogP) is 1.84. The quantitative estimate of drug-likeness (QED) is 0.821. The lowest BCUT2D eigenvalue weighted by Gasteiger charge is -2.26. The zero-order chi connectivity index (χ0) is 21.0. The third-order valence-electron chi connectivity index (χ3n) is 5.66. The van der Waals surface area contributed by atoms with E-state index in [-0.39, 0.29) is 40.6 Å². The first kappa shape index (κ1) is 19.5. The van der Waals surface area contributed by atoms with Gasteiger partial charge in [-0.1, -0.05) is 18.2 Å². The number of sulfonamides is 1. The Labute approximate surface area is 167 Å². The summed E-state index contributed by atoms with van der Waals surface area (Å²) in [6.07, 6.45) is 0. The van der Waals surface area contributed by atoms with Gasteiger partial charge in [-0.05, 0) is 31.2 Å². The molecule has 2 aliphatic rings. The minimum Gasteiger partial charge on any atom is -0.494 e. The van der Waals surface area contributed by atoms with Crippen LogP contribution in [0.5, 0.6) is 5.75 Å². The molecule has 1 N–H and O–H groups in total. The Morgan fingerprint density at radius 2 is 1.86 bits per heavy atom. The van der Waals surface area contributed by atoms with Gasteiger partial charge in [-0.2, -0.15) is 4.31 Å². The number of amides is 1. The highest BCUT2D eigenvalue weighted by Crippen LogP contribution is 2.39. The van der Waals surface area contributed by atoms with Gasteiger partial charge in [-0.25, -0.2) is 12.8 Å². The van der Waals surface area contributed by atoms with Gasteiger partial charge in [0.15, 0.2) is 17.3 Å². The van der Waals surface area contributed by atoms with Crippen molar-refractivity contribution in [3.8, 4) is 5.75 Å². The molecule has 0 spiro atoms. The van der Waals surface area contributed by atoms with E-state index in [9.17, 15) is 22.4 Å². The minimum absolute atomic E-state index is 0.0680. The Bertz CT molecular complexity index is 1130. The molecule has 152 valence electrons. The van der Waals surface area contributed by atoms with E-state index in [2.05, 4.69) is 5.32 Å². The molecule has 2 heterocycles. The highest BCUT2D eigenvalue weighted by atomic mass is 32.2. The lowest BCUT2D eigenvalue weighted by atomic mass is 9.78. The normalized spacial score (nSPS) is 24.4. The summed E-state index contributed by atoms with van der Waals surface area (Å²) in [6, 6.07) is 9.16. The van der Waals surface area contributed by atoms with Crippen molar-refractivity contribution >= 4 is 21.7 Å². The highest BCUT2D eigenvalue weighted by Gasteiger charge is 2.54. The molecule has 0 bridgehead atoms. The van der Waals surface area contributed by atoms with Crippen LogP contribution in [0.2, 0.25) is 0 Å². The lowest BCUT2D eigenvalue weighted by molar-refractivity contribution is 0.0796. The Kier molecular flexibility index (Phi) is 4.47. The van der Waals surface area contributed by atoms with Gasteiger partial charge in [0.05, 0.1) is 29.0 Å². The third-order valence-corrected chi connectivity index (χ3v) is 7.47. The summed E-state index contributed by atoms with van der Waals surface area (Å²) < 4.78 is 46.2. The predicted molar refractivity (Wildman–Crippen MR) is 102 cm³/mol. The van der Waals surface area contributed by atoms with Crippen LogP contribution in [0.1, 0.15) is 27.6 Å². The van der Waals surface area contributed by atoms with Crippen LogP contribution in [0.4, 0.5) is 4.39 Å². The van der Waals surface area contributed by atoms with Crippen LogP contribution in [0.25, 0.3) is 0 Å². The van der Waals surface area contributed by atoms with E-state index in [0.29, 0.717) is 0 Å². The van der Waals surface area contributed by atoms with Gasteiger partial charge >= 0.3 is 0 Å². The van der Waals surface area contributed by atoms with Crippen molar-refractivity contribution in [2.75, 3.05) is 20.2 Å². The van der Waals surface area contributed by atoms with Crippen molar-refractivity contribution in [1.82, 2.24) is 9.62 Å². The third kappa shape index (κ3) is 2.92. The number of hydrogen-bond donors (Lipinski definition) is 1. The molecule has 29 heavy (non-hydrogen) atoms. The summed E-state index contributed by atoms with van der Waals surface area (Å²) in [5, 5.41) is 2.79. The van der Waals surface area contributed by atoms with E-state index in [1.807, 2.05) is 0 Å². The summed E-state index contributed by atoms with van der Waals surface area (Å²) in [4.78, 5) is 25.6. The fourth-order valence-electron chi connectivity index (χ4n) is 3.94. The summed E-state index contributed by atoms with van der Waals surface area (Å²) in [7, 11) is -2.79. The molecular formula is C20H19FN2O5S. The molecule has 7 nitrogen and oxygen atoms in total. The van der Waals surface area contributed by atoms with Crippen molar-refractivity contribution in [1.29, 1.82) is 0 Å². The Balaban J connectivity index is 1.72. The number of hydrogen-bond acceptors (Lipinski definition) is 5. The molecule has 0 aliphatic carbocycles. The monoisotopic (exact) mass is 418 g/mol. The summed E-state index contributed by atoms with van der Waals surface area (Å²) in [6.45, 7) is 1.44. The summed E-state index contributed by atoms with van der Waals surface area (Å²) >= 11 is 0. The molecule has 0 unspecified atom stereocenters. The van der Waals surface area contributed by atoms with Crippen molar-refractivity contribution in [3.63, 3.8) is 0 Å². The van der Waals surface area contributed by atoms with E-state index in [1.54, 1.807) is 31.2 Å². The number of benzene rings is 2.